The SMILES string of the molecule is C=C(CO)[C@H]1CC[C@H]2[C@@H]3CC[C@@H]4C[C@](O)(CF)CC[C@@H]4[C@H]3CC[C@]12C. The fourth-order valence-corrected chi connectivity index (χ4v) is 7.86. The van der Waals surface area contributed by atoms with E-state index in [0.29, 0.717) is 36.0 Å². The van der Waals surface area contributed by atoms with Crippen molar-refractivity contribution in [2.24, 2.45) is 40.9 Å². The summed E-state index contributed by atoms with van der Waals surface area (Å²) in [6.45, 7) is 6.19. The van der Waals surface area contributed by atoms with Crippen molar-refractivity contribution in [3.63, 3.8) is 0 Å². The van der Waals surface area contributed by atoms with E-state index in [-0.39, 0.29) is 6.61 Å². The van der Waals surface area contributed by atoms with Gasteiger partial charge in [-0.05, 0) is 104 Å². The lowest BCUT2D eigenvalue weighted by Crippen LogP contribution is -2.51. The van der Waals surface area contributed by atoms with E-state index in [1.165, 1.54) is 38.5 Å². The van der Waals surface area contributed by atoms with E-state index >= 15 is 0 Å². The molecule has 0 unspecified atom stereocenters. The summed E-state index contributed by atoms with van der Waals surface area (Å²) in [5.74, 6) is 4.07. The highest BCUT2D eigenvalue weighted by molar-refractivity contribution is 5.15. The van der Waals surface area contributed by atoms with Gasteiger partial charge in [0.1, 0.15) is 6.67 Å². The molecule has 0 radical (unpaired) electrons. The van der Waals surface area contributed by atoms with Crippen LogP contribution in [0.5, 0.6) is 0 Å². The maximum Gasteiger partial charge on any atom is 0.118 e. The zero-order valence-corrected chi connectivity index (χ0v) is 15.7. The summed E-state index contributed by atoms with van der Waals surface area (Å²) in [6.07, 6.45) is 9.79. The highest BCUT2D eigenvalue weighted by Gasteiger charge is 2.57. The summed E-state index contributed by atoms with van der Waals surface area (Å²) in [7, 11) is 0. The number of rotatable bonds is 3. The molecule has 4 aliphatic rings. The predicted octanol–water partition coefficient (Wildman–Crippen LogP) is 4.50. The van der Waals surface area contributed by atoms with Crippen molar-refractivity contribution in [1.82, 2.24) is 0 Å². The molecule has 0 bridgehead atoms. The molecule has 4 aliphatic carbocycles. The van der Waals surface area contributed by atoms with Crippen LogP contribution in [0.1, 0.15) is 64.7 Å². The van der Waals surface area contributed by atoms with Crippen LogP contribution < -0.4 is 0 Å². The fraction of sp³-hybridized carbons (Fsp3) is 0.909. The van der Waals surface area contributed by atoms with Crippen LogP contribution in [0.4, 0.5) is 4.39 Å². The Bertz CT molecular complexity index is 534. The highest BCUT2D eigenvalue weighted by Crippen LogP contribution is 2.65. The molecule has 0 aromatic carbocycles. The zero-order chi connectivity index (χ0) is 17.8. The van der Waals surface area contributed by atoms with Crippen molar-refractivity contribution in [2.75, 3.05) is 13.3 Å². The van der Waals surface area contributed by atoms with Gasteiger partial charge in [-0.3, -0.25) is 0 Å². The first kappa shape index (κ1) is 18.0. The first-order valence-corrected chi connectivity index (χ1v) is 10.5. The van der Waals surface area contributed by atoms with Crippen molar-refractivity contribution in [2.45, 2.75) is 70.3 Å². The summed E-state index contributed by atoms with van der Waals surface area (Å²) in [6, 6.07) is 0. The van der Waals surface area contributed by atoms with Crippen molar-refractivity contribution in [3.8, 4) is 0 Å². The summed E-state index contributed by atoms with van der Waals surface area (Å²) in [4.78, 5) is 0. The molecule has 0 saturated heterocycles. The molecular formula is C22H35FO2. The van der Waals surface area contributed by atoms with Crippen LogP contribution in [0.25, 0.3) is 0 Å². The molecule has 4 saturated carbocycles. The summed E-state index contributed by atoms with van der Waals surface area (Å²) < 4.78 is 13.3. The largest absolute Gasteiger partial charge is 0.392 e. The minimum absolute atomic E-state index is 0.133. The number of aliphatic hydroxyl groups excluding tert-OH is 1. The quantitative estimate of drug-likeness (QED) is 0.736. The minimum atomic E-state index is -1.03. The standard InChI is InChI=1S/C22H35FO2/c1-14(12-24)19-5-6-20-18-4-3-15-11-22(25,13-23)10-8-16(15)17(18)7-9-21(19,20)2/h15-20,24-25H,1,3-13H2,2H3/t15-,16+,17-,18-,19-,20+,21-,22+/m1/s1. The molecule has 0 amide bonds. The third kappa shape index (κ3) is 2.72. The monoisotopic (exact) mass is 350 g/mol. The van der Waals surface area contributed by atoms with Gasteiger partial charge in [0, 0.05) is 0 Å². The molecule has 4 fully saturated rings. The van der Waals surface area contributed by atoms with Crippen LogP contribution in [-0.2, 0) is 0 Å². The Morgan fingerprint density at radius 1 is 1.04 bits per heavy atom. The van der Waals surface area contributed by atoms with Gasteiger partial charge in [0.05, 0.1) is 12.2 Å². The second-order valence-corrected chi connectivity index (χ2v) is 10.0. The van der Waals surface area contributed by atoms with E-state index in [9.17, 15) is 14.6 Å². The van der Waals surface area contributed by atoms with E-state index in [1.807, 2.05) is 0 Å². The Labute approximate surface area is 151 Å². The van der Waals surface area contributed by atoms with Crippen LogP contribution >= 0.6 is 0 Å². The van der Waals surface area contributed by atoms with Crippen molar-refractivity contribution in [3.05, 3.63) is 12.2 Å². The Morgan fingerprint density at radius 2 is 1.80 bits per heavy atom. The van der Waals surface area contributed by atoms with Crippen LogP contribution in [0, 0.1) is 40.9 Å². The Hall–Kier alpha value is -0.410. The van der Waals surface area contributed by atoms with E-state index in [2.05, 4.69) is 13.5 Å². The molecule has 25 heavy (non-hydrogen) atoms. The van der Waals surface area contributed by atoms with E-state index in [4.69, 9.17) is 0 Å². The van der Waals surface area contributed by atoms with Gasteiger partial charge in [-0.1, -0.05) is 13.5 Å². The molecule has 0 aromatic rings. The van der Waals surface area contributed by atoms with Crippen molar-refractivity contribution in [1.29, 1.82) is 0 Å². The van der Waals surface area contributed by atoms with E-state index in [1.54, 1.807) is 0 Å². The molecule has 0 heterocycles. The smallest absolute Gasteiger partial charge is 0.118 e. The molecule has 0 spiro atoms. The lowest BCUT2D eigenvalue weighted by atomic mass is 9.49. The number of halogens is 1. The van der Waals surface area contributed by atoms with Gasteiger partial charge in [-0.2, -0.15) is 0 Å². The molecule has 0 aromatic heterocycles. The first-order chi connectivity index (χ1) is 11.9. The van der Waals surface area contributed by atoms with Gasteiger partial charge in [-0.25, -0.2) is 4.39 Å². The Kier molecular flexibility index (Phi) is 4.56. The number of fused-ring (bicyclic) bond motifs is 5. The van der Waals surface area contributed by atoms with Crippen LogP contribution in [0.3, 0.4) is 0 Å². The normalized spacial score (nSPS) is 52.2. The van der Waals surface area contributed by atoms with Gasteiger partial charge in [0.2, 0.25) is 0 Å². The number of hydrogen-bond acceptors (Lipinski definition) is 2. The minimum Gasteiger partial charge on any atom is -0.392 e. The van der Waals surface area contributed by atoms with Crippen LogP contribution in [0.2, 0.25) is 0 Å². The molecule has 142 valence electrons. The Morgan fingerprint density at radius 3 is 2.52 bits per heavy atom. The predicted molar refractivity (Wildman–Crippen MR) is 97.8 cm³/mol. The average Bonchev–Trinajstić information content (AvgIpc) is 2.98. The van der Waals surface area contributed by atoms with Gasteiger partial charge in [-0.15, -0.1) is 0 Å². The second-order valence-electron chi connectivity index (χ2n) is 10.0. The number of alkyl halides is 1. The molecule has 2 N–H and O–H groups in total. The summed E-state index contributed by atoms with van der Waals surface area (Å²) in [5, 5.41) is 20.0. The topological polar surface area (TPSA) is 40.5 Å². The highest BCUT2D eigenvalue weighted by atomic mass is 19.1. The molecule has 2 nitrogen and oxygen atoms in total. The molecule has 3 heteroatoms. The number of aliphatic hydroxyl groups is 2. The maximum absolute atomic E-state index is 13.3. The van der Waals surface area contributed by atoms with Crippen molar-refractivity contribution < 1.29 is 14.6 Å². The maximum atomic E-state index is 13.3. The average molecular weight is 351 g/mol. The zero-order valence-electron chi connectivity index (χ0n) is 15.7. The van der Waals surface area contributed by atoms with Crippen molar-refractivity contribution >= 4 is 0 Å². The van der Waals surface area contributed by atoms with Gasteiger partial charge < -0.3 is 10.2 Å². The van der Waals surface area contributed by atoms with Crippen LogP contribution in [0.15, 0.2) is 12.2 Å². The second kappa shape index (κ2) is 6.34. The Balaban J connectivity index is 1.52. The number of hydrogen-bond donors (Lipinski definition) is 2. The molecule has 4 rings (SSSR count). The van der Waals surface area contributed by atoms with E-state index < -0.39 is 12.3 Å². The lowest BCUT2D eigenvalue weighted by molar-refractivity contribution is -0.110. The molecular weight excluding hydrogens is 315 g/mol. The first-order valence-electron chi connectivity index (χ1n) is 10.5. The third-order valence-corrected chi connectivity index (χ3v) is 9.05. The molecule has 0 aliphatic heterocycles. The van der Waals surface area contributed by atoms with E-state index in [0.717, 1.165) is 29.7 Å². The third-order valence-electron chi connectivity index (χ3n) is 9.05. The van der Waals surface area contributed by atoms with Gasteiger partial charge in [0.15, 0.2) is 0 Å². The van der Waals surface area contributed by atoms with Crippen LogP contribution in [-0.4, -0.2) is 29.1 Å². The summed E-state index contributed by atoms with van der Waals surface area (Å²) in [5.41, 5.74) is 0.333. The van der Waals surface area contributed by atoms with Gasteiger partial charge in [0.25, 0.3) is 0 Å². The molecule has 8 atom stereocenters. The lowest BCUT2D eigenvalue weighted by Gasteiger charge is -2.57. The van der Waals surface area contributed by atoms with Gasteiger partial charge >= 0.3 is 0 Å². The fourth-order valence-electron chi connectivity index (χ4n) is 7.86. The summed E-state index contributed by atoms with van der Waals surface area (Å²) >= 11 is 0.